The summed E-state index contributed by atoms with van der Waals surface area (Å²) in [6.07, 6.45) is 0.946. The number of quaternary nitrogens is 1. The Bertz CT molecular complexity index is 602. The van der Waals surface area contributed by atoms with E-state index < -0.39 is 0 Å². The fourth-order valence-electron chi connectivity index (χ4n) is 3.28. The maximum atomic E-state index is 12.5. The number of aryl methyl sites for hydroxylation is 1. The van der Waals surface area contributed by atoms with Crippen molar-refractivity contribution < 1.29 is 31.0 Å². The number of rotatable bonds is 8. The molecule has 0 unspecified atom stereocenters. The maximum Gasteiger partial charge on any atom is 0.277 e. The van der Waals surface area contributed by atoms with Gasteiger partial charge in [-0.15, -0.1) is 0 Å². The third-order valence-corrected chi connectivity index (χ3v) is 5.83. The van der Waals surface area contributed by atoms with Crippen LogP contribution in [0.5, 0.6) is 5.75 Å². The van der Waals surface area contributed by atoms with E-state index in [2.05, 4.69) is 53.1 Å². The first-order valence-corrected chi connectivity index (χ1v) is 10.8. The van der Waals surface area contributed by atoms with Crippen molar-refractivity contribution in [2.75, 3.05) is 58.4 Å². The fourth-order valence-corrected chi connectivity index (χ4v) is 4.18. The first-order chi connectivity index (χ1) is 12.3. The molecule has 2 rings (SSSR count). The number of hydrogen-bond donors (Lipinski definition) is 0. The van der Waals surface area contributed by atoms with Gasteiger partial charge in [-0.1, -0.05) is 26.0 Å². The minimum absolute atomic E-state index is 0. The summed E-state index contributed by atoms with van der Waals surface area (Å²) in [4.78, 5) is 14.5. The Balaban J connectivity index is 0.00000364. The zero-order valence-corrected chi connectivity index (χ0v) is 19.9. The lowest BCUT2D eigenvalue weighted by Crippen LogP contribution is -3.00. The van der Waals surface area contributed by atoms with E-state index in [4.69, 9.17) is 4.74 Å². The normalized spacial score (nSPS) is 14.8. The van der Waals surface area contributed by atoms with Crippen molar-refractivity contribution in [3.63, 3.8) is 0 Å². The molecule has 6 heteroatoms. The van der Waals surface area contributed by atoms with E-state index in [9.17, 15) is 4.79 Å². The molecule has 0 aromatic heterocycles. The summed E-state index contributed by atoms with van der Waals surface area (Å²) >= 11 is 1.94. The van der Waals surface area contributed by atoms with Gasteiger partial charge in [0, 0.05) is 31.0 Å². The molecule has 0 atom stereocenters. The molecular weight excluding hydrogens is 424 g/mol. The Kier molecular flexibility index (Phi) is 10.2. The van der Waals surface area contributed by atoms with Crippen molar-refractivity contribution in [1.29, 1.82) is 0 Å². The van der Waals surface area contributed by atoms with Crippen LogP contribution in [0.15, 0.2) is 18.2 Å². The lowest BCUT2D eigenvalue weighted by molar-refractivity contribution is -0.882. The van der Waals surface area contributed by atoms with Crippen LogP contribution in [-0.4, -0.2) is 73.7 Å². The summed E-state index contributed by atoms with van der Waals surface area (Å²) in [5.74, 6) is 3.89. The summed E-state index contributed by atoms with van der Waals surface area (Å²) in [7, 11) is 4.28. The Hall–Kier alpha value is -0.720. The van der Waals surface area contributed by atoms with Crippen LogP contribution in [0.4, 0.5) is 0 Å². The van der Waals surface area contributed by atoms with Gasteiger partial charge in [-0.3, -0.25) is 4.79 Å². The molecule has 1 heterocycles. The van der Waals surface area contributed by atoms with Crippen molar-refractivity contribution in [3.05, 3.63) is 29.3 Å². The van der Waals surface area contributed by atoms with E-state index in [1.165, 1.54) is 11.1 Å². The summed E-state index contributed by atoms with van der Waals surface area (Å²) in [5, 5.41) is 0. The van der Waals surface area contributed by atoms with Gasteiger partial charge < -0.3 is 31.1 Å². The van der Waals surface area contributed by atoms with Crippen LogP contribution in [0.1, 0.15) is 37.3 Å². The largest absolute Gasteiger partial charge is 1.00 e. The van der Waals surface area contributed by atoms with Crippen LogP contribution in [0.2, 0.25) is 0 Å². The summed E-state index contributed by atoms with van der Waals surface area (Å²) in [5.41, 5.74) is 2.49. The van der Waals surface area contributed by atoms with E-state index >= 15 is 0 Å². The minimum atomic E-state index is 0. The fraction of sp³-hybridized carbons (Fsp3) is 0.667. The van der Waals surface area contributed by atoms with Gasteiger partial charge in [0.2, 0.25) is 0 Å². The molecule has 0 N–H and O–H groups in total. The molecule has 1 amide bonds. The number of hydrogen-bond acceptors (Lipinski definition) is 3. The van der Waals surface area contributed by atoms with Crippen molar-refractivity contribution in [2.24, 2.45) is 0 Å². The van der Waals surface area contributed by atoms with Gasteiger partial charge in [-0.05, 0) is 30.0 Å². The van der Waals surface area contributed by atoms with Gasteiger partial charge >= 0.3 is 0 Å². The van der Waals surface area contributed by atoms with Crippen LogP contribution in [0, 0.1) is 6.92 Å². The first kappa shape index (κ1) is 24.3. The van der Waals surface area contributed by atoms with Gasteiger partial charge in [0.15, 0.2) is 6.54 Å². The predicted octanol–water partition coefficient (Wildman–Crippen LogP) is 0.543. The van der Waals surface area contributed by atoms with Gasteiger partial charge in [-0.2, -0.15) is 11.8 Å². The lowest BCUT2D eigenvalue weighted by atomic mass is 10.0. The van der Waals surface area contributed by atoms with Gasteiger partial charge in [0.25, 0.3) is 5.91 Å². The third-order valence-electron chi connectivity index (χ3n) is 4.88. The molecule has 0 spiro atoms. The van der Waals surface area contributed by atoms with Gasteiger partial charge in [0.05, 0.1) is 27.2 Å². The van der Waals surface area contributed by atoms with Crippen LogP contribution in [0.25, 0.3) is 0 Å². The molecule has 1 aliphatic rings. The highest BCUT2D eigenvalue weighted by Crippen LogP contribution is 2.27. The second kappa shape index (κ2) is 11.3. The van der Waals surface area contributed by atoms with Crippen LogP contribution < -0.4 is 21.7 Å². The number of thioether (sulfide) groups is 1. The third kappa shape index (κ3) is 8.04. The SMILES string of the molecule is Cc1ccc(C(C)C)c(OCCC[N+](C)(C)CC(=O)N2CCSCC2)c1.[Br-]. The molecule has 0 aliphatic carbocycles. The molecule has 1 aromatic rings. The molecular formula is C21H35BrN2O2S. The average molecular weight is 459 g/mol. The van der Waals surface area contributed by atoms with Gasteiger partial charge in [-0.25, -0.2) is 0 Å². The molecule has 27 heavy (non-hydrogen) atoms. The Morgan fingerprint density at radius 1 is 1.26 bits per heavy atom. The molecule has 1 fully saturated rings. The Labute approximate surface area is 180 Å². The summed E-state index contributed by atoms with van der Waals surface area (Å²) in [6, 6.07) is 6.45. The molecule has 0 radical (unpaired) electrons. The van der Waals surface area contributed by atoms with E-state index in [-0.39, 0.29) is 22.9 Å². The second-order valence-electron chi connectivity index (χ2n) is 8.21. The molecule has 0 saturated carbocycles. The number of carbonyl (C=O) groups excluding carboxylic acids is 1. The Morgan fingerprint density at radius 2 is 1.93 bits per heavy atom. The highest BCUT2D eigenvalue weighted by Gasteiger charge is 2.25. The lowest BCUT2D eigenvalue weighted by Gasteiger charge is -2.33. The molecule has 1 saturated heterocycles. The number of halogens is 1. The molecule has 1 aromatic carbocycles. The smallest absolute Gasteiger partial charge is 0.277 e. The first-order valence-electron chi connectivity index (χ1n) is 9.69. The second-order valence-corrected chi connectivity index (χ2v) is 9.43. The molecule has 1 aliphatic heterocycles. The zero-order chi connectivity index (χ0) is 19.2. The standard InChI is InChI=1S/C21H35N2O2S.BrH/c1-17(2)19-8-7-18(3)15-20(19)25-12-6-11-23(4,5)16-21(24)22-9-13-26-14-10-22;/h7-8,15,17H,6,9-14,16H2,1-5H3;1H/q+1;/p-1. The maximum absolute atomic E-state index is 12.5. The quantitative estimate of drug-likeness (QED) is 0.420. The average Bonchev–Trinajstić information content (AvgIpc) is 2.59. The van der Waals surface area contributed by atoms with Gasteiger partial charge in [0.1, 0.15) is 5.75 Å². The van der Waals surface area contributed by atoms with E-state index in [1.54, 1.807) is 0 Å². The summed E-state index contributed by atoms with van der Waals surface area (Å²) < 4.78 is 6.81. The zero-order valence-electron chi connectivity index (χ0n) is 17.5. The number of likely N-dealkylation sites (N-methyl/N-ethyl adjacent to an activating group) is 1. The number of benzene rings is 1. The van der Waals surface area contributed by atoms with Crippen LogP contribution in [0.3, 0.4) is 0 Å². The number of nitrogens with zero attached hydrogens (tertiary/aromatic N) is 2. The van der Waals surface area contributed by atoms with Crippen molar-refractivity contribution in [2.45, 2.75) is 33.1 Å². The number of carbonyl (C=O) groups is 1. The topological polar surface area (TPSA) is 29.5 Å². The van der Waals surface area contributed by atoms with Crippen molar-refractivity contribution in [3.8, 4) is 5.75 Å². The Morgan fingerprint density at radius 3 is 2.56 bits per heavy atom. The van der Waals surface area contributed by atoms with E-state index in [1.807, 2.05) is 16.7 Å². The highest BCUT2D eigenvalue weighted by molar-refractivity contribution is 7.99. The minimum Gasteiger partial charge on any atom is -1.00 e. The molecule has 4 nitrogen and oxygen atoms in total. The molecule has 154 valence electrons. The van der Waals surface area contributed by atoms with Crippen molar-refractivity contribution in [1.82, 2.24) is 4.90 Å². The summed E-state index contributed by atoms with van der Waals surface area (Å²) in [6.45, 7) is 10.5. The monoisotopic (exact) mass is 458 g/mol. The predicted molar refractivity (Wildman–Crippen MR) is 111 cm³/mol. The number of amides is 1. The van der Waals surface area contributed by atoms with Crippen LogP contribution >= 0.6 is 11.8 Å². The number of ether oxygens (including phenoxy) is 1. The van der Waals surface area contributed by atoms with Crippen molar-refractivity contribution >= 4 is 17.7 Å². The highest BCUT2D eigenvalue weighted by atomic mass is 79.9. The molecule has 0 bridgehead atoms. The van der Waals surface area contributed by atoms with Crippen LogP contribution in [-0.2, 0) is 4.79 Å². The van der Waals surface area contributed by atoms with E-state index in [0.29, 0.717) is 19.1 Å². The van der Waals surface area contributed by atoms with E-state index in [0.717, 1.165) is 47.8 Å².